The monoisotopic (exact) mass is 246 g/mol. The normalized spacial score (nSPS) is 22.6. The third kappa shape index (κ3) is 2.79. The lowest BCUT2D eigenvalue weighted by molar-refractivity contribution is 0.0925. The zero-order valence-corrected chi connectivity index (χ0v) is 9.82. The number of nitriles is 1. The van der Waals surface area contributed by atoms with Crippen LogP contribution in [0.4, 0.5) is 4.79 Å². The van der Waals surface area contributed by atoms with E-state index in [2.05, 4.69) is 0 Å². The minimum absolute atomic E-state index is 0.159. The highest BCUT2D eigenvalue weighted by Gasteiger charge is 2.35. The molecule has 2 atom stereocenters. The van der Waals surface area contributed by atoms with E-state index in [0.717, 1.165) is 5.56 Å². The summed E-state index contributed by atoms with van der Waals surface area (Å²) in [6.45, 7) is 0.330. The molecule has 0 aliphatic carbocycles. The number of hydrogen-bond donors (Lipinski definition) is 1. The van der Waals surface area contributed by atoms with E-state index in [4.69, 9.17) is 10.00 Å². The zero-order valence-electron chi connectivity index (χ0n) is 9.82. The van der Waals surface area contributed by atoms with Gasteiger partial charge in [-0.2, -0.15) is 5.26 Å². The summed E-state index contributed by atoms with van der Waals surface area (Å²) in [5.41, 5.74) is 0.888. The average Bonchev–Trinajstić information content (AvgIpc) is 2.78. The summed E-state index contributed by atoms with van der Waals surface area (Å²) in [5, 5.41) is 18.3. The number of aliphatic hydroxyl groups is 1. The van der Waals surface area contributed by atoms with Crippen LogP contribution in [-0.4, -0.2) is 34.8 Å². The Labute approximate surface area is 105 Å². The molecule has 1 aliphatic heterocycles. The molecule has 5 nitrogen and oxygen atoms in total. The Kier molecular flexibility index (Phi) is 3.80. The molecule has 1 N–H and O–H groups in total. The molecular weight excluding hydrogens is 232 g/mol. The second-order valence-electron chi connectivity index (χ2n) is 4.23. The molecule has 0 spiro atoms. The molecule has 5 heteroatoms. The van der Waals surface area contributed by atoms with Crippen molar-refractivity contribution in [3.8, 4) is 6.07 Å². The molecular formula is C13H14N2O3. The Morgan fingerprint density at radius 3 is 2.89 bits per heavy atom. The second kappa shape index (κ2) is 5.52. The SMILES string of the molecule is N#C[C@@H]1C[C@@H](O)CN1C(=O)OCc1ccccc1. The molecule has 0 bridgehead atoms. The van der Waals surface area contributed by atoms with Gasteiger partial charge in [-0.1, -0.05) is 30.3 Å². The van der Waals surface area contributed by atoms with Crippen LogP contribution in [0.1, 0.15) is 12.0 Å². The summed E-state index contributed by atoms with van der Waals surface area (Å²) in [6, 6.07) is 10.7. The minimum atomic E-state index is -0.640. The quantitative estimate of drug-likeness (QED) is 0.853. The Morgan fingerprint density at radius 1 is 1.50 bits per heavy atom. The second-order valence-corrected chi connectivity index (χ2v) is 4.23. The van der Waals surface area contributed by atoms with Gasteiger partial charge in [0.15, 0.2) is 0 Å². The first-order valence-electron chi connectivity index (χ1n) is 5.75. The maximum absolute atomic E-state index is 11.8. The van der Waals surface area contributed by atoms with E-state index in [-0.39, 0.29) is 19.6 Å². The van der Waals surface area contributed by atoms with Gasteiger partial charge in [-0.3, -0.25) is 4.90 Å². The van der Waals surface area contributed by atoms with Crippen molar-refractivity contribution in [3.05, 3.63) is 35.9 Å². The first-order chi connectivity index (χ1) is 8.70. The predicted molar refractivity (Wildman–Crippen MR) is 63.4 cm³/mol. The number of benzene rings is 1. The molecule has 94 valence electrons. The Morgan fingerprint density at radius 2 is 2.22 bits per heavy atom. The van der Waals surface area contributed by atoms with Crippen molar-refractivity contribution in [2.24, 2.45) is 0 Å². The van der Waals surface area contributed by atoms with E-state index in [1.807, 2.05) is 36.4 Å². The van der Waals surface area contributed by atoms with Crippen LogP contribution in [0, 0.1) is 11.3 Å². The van der Waals surface area contributed by atoms with Gasteiger partial charge in [-0.25, -0.2) is 4.79 Å². The van der Waals surface area contributed by atoms with Gasteiger partial charge in [-0.15, -0.1) is 0 Å². The molecule has 1 aromatic carbocycles. The number of carbonyl (C=O) groups excluding carboxylic acids is 1. The topological polar surface area (TPSA) is 73.6 Å². The number of carbonyl (C=O) groups is 1. The first kappa shape index (κ1) is 12.4. The third-order valence-electron chi connectivity index (χ3n) is 2.87. The molecule has 1 amide bonds. The first-order valence-corrected chi connectivity index (χ1v) is 5.75. The van der Waals surface area contributed by atoms with Crippen molar-refractivity contribution in [2.75, 3.05) is 6.54 Å². The van der Waals surface area contributed by atoms with Crippen LogP contribution in [-0.2, 0) is 11.3 Å². The molecule has 2 rings (SSSR count). The van der Waals surface area contributed by atoms with Gasteiger partial charge in [0, 0.05) is 6.42 Å². The predicted octanol–water partition coefficient (Wildman–Crippen LogP) is 1.28. The molecule has 1 saturated heterocycles. The van der Waals surface area contributed by atoms with Gasteiger partial charge in [0.05, 0.1) is 18.7 Å². The largest absolute Gasteiger partial charge is 0.445 e. The number of likely N-dealkylation sites (tertiary alicyclic amines) is 1. The summed E-state index contributed by atoms with van der Waals surface area (Å²) in [6.07, 6.45) is -0.905. The van der Waals surface area contributed by atoms with Crippen LogP contribution in [0.3, 0.4) is 0 Å². The van der Waals surface area contributed by atoms with Gasteiger partial charge in [0.2, 0.25) is 0 Å². The van der Waals surface area contributed by atoms with E-state index >= 15 is 0 Å². The Bertz CT molecular complexity index is 455. The molecule has 1 fully saturated rings. The fourth-order valence-corrected chi connectivity index (χ4v) is 1.94. The summed E-state index contributed by atoms with van der Waals surface area (Å²) in [4.78, 5) is 13.0. The molecule has 0 unspecified atom stereocenters. The highest BCUT2D eigenvalue weighted by Crippen LogP contribution is 2.18. The Hall–Kier alpha value is -2.06. The summed E-state index contributed by atoms with van der Waals surface area (Å²) < 4.78 is 5.12. The van der Waals surface area contributed by atoms with E-state index in [1.165, 1.54) is 4.90 Å². The van der Waals surface area contributed by atoms with Crippen LogP contribution < -0.4 is 0 Å². The van der Waals surface area contributed by atoms with Crippen LogP contribution in [0.15, 0.2) is 30.3 Å². The highest BCUT2D eigenvalue weighted by molar-refractivity contribution is 5.69. The van der Waals surface area contributed by atoms with Gasteiger partial charge < -0.3 is 9.84 Å². The lowest BCUT2D eigenvalue weighted by Gasteiger charge is -2.18. The summed E-state index contributed by atoms with van der Waals surface area (Å²) in [5.74, 6) is 0. The van der Waals surface area contributed by atoms with E-state index in [1.54, 1.807) is 0 Å². The van der Waals surface area contributed by atoms with E-state index in [0.29, 0.717) is 0 Å². The number of ether oxygens (including phenoxy) is 1. The van der Waals surface area contributed by atoms with Crippen molar-refractivity contribution in [3.63, 3.8) is 0 Å². The van der Waals surface area contributed by atoms with Crippen LogP contribution in [0.2, 0.25) is 0 Å². The molecule has 0 saturated carbocycles. The van der Waals surface area contributed by atoms with Crippen molar-refractivity contribution in [1.82, 2.24) is 4.90 Å². The number of nitrogens with zero attached hydrogens (tertiary/aromatic N) is 2. The highest BCUT2D eigenvalue weighted by atomic mass is 16.6. The summed E-state index contributed by atoms with van der Waals surface area (Å²) in [7, 11) is 0. The molecule has 1 aromatic rings. The average molecular weight is 246 g/mol. The van der Waals surface area contributed by atoms with Crippen LogP contribution in [0.5, 0.6) is 0 Å². The van der Waals surface area contributed by atoms with E-state index in [9.17, 15) is 9.90 Å². The number of hydrogen-bond acceptors (Lipinski definition) is 4. The number of rotatable bonds is 2. The maximum atomic E-state index is 11.8. The smallest absolute Gasteiger partial charge is 0.411 e. The summed E-state index contributed by atoms with van der Waals surface area (Å²) >= 11 is 0. The number of aliphatic hydroxyl groups excluding tert-OH is 1. The molecule has 0 radical (unpaired) electrons. The zero-order chi connectivity index (χ0) is 13.0. The van der Waals surface area contributed by atoms with Crippen LogP contribution in [0.25, 0.3) is 0 Å². The van der Waals surface area contributed by atoms with Crippen LogP contribution >= 0.6 is 0 Å². The minimum Gasteiger partial charge on any atom is -0.445 e. The van der Waals surface area contributed by atoms with Crippen molar-refractivity contribution in [1.29, 1.82) is 5.26 Å². The van der Waals surface area contributed by atoms with E-state index < -0.39 is 18.2 Å². The fraction of sp³-hybridized carbons (Fsp3) is 0.385. The molecule has 18 heavy (non-hydrogen) atoms. The molecule has 1 heterocycles. The van der Waals surface area contributed by atoms with Crippen molar-refractivity contribution < 1.29 is 14.6 Å². The molecule has 1 aliphatic rings. The lowest BCUT2D eigenvalue weighted by Crippen LogP contribution is -2.35. The molecule has 0 aromatic heterocycles. The van der Waals surface area contributed by atoms with Gasteiger partial charge in [0.25, 0.3) is 0 Å². The Balaban J connectivity index is 1.91. The lowest BCUT2D eigenvalue weighted by atomic mass is 10.2. The standard InChI is InChI=1S/C13H14N2O3/c14-7-11-6-12(16)8-15(11)13(17)18-9-10-4-2-1-3-5-10/h1-5,11-12,16H,6,8-9H2/t11-,12+/m0/s1. The van der Waals surface area contributed by atoms with Gasteiger partial charge in [-0.05, 0) is 5.56 Å². The van der Waals surface area contributed by atoms with Crippen molar-refractivity contribution in [2.45, 2.75) is 25.2 Å². The van der Waals surface area contributed by atoms with Gasteiger partial charge in [0.1, 0.15) is 12.6 Å². The van der Waals surface area contributed by atoms with Gasteiger partial charge >= 0.3 is 6.09 Å². The number of amides is 1. The van der Waals surface area contributed by atoms with Crippen molar-refractivity contribution >= 4 is 6.09 Å². The maximum Gasteiger partial charge on any atom is 0.411 e. The fourth-order valence-electron chi connectivity index (χ4n) is 1.94. The number of β-amino-alcohol motifs (C(OH)–C–C–N with tert-alkyl or cyclic N) is 1. The third-order valence-corrected chi connectivity index (χ3v) is 2.87.